The van der Waals surface area contributed by atoms with Crippen molar-refractivity contribution >= 4 is 21.6 Å². The second-order valence-electron chi connectivity index (χ2n) is 5.16. The molecule has 1 aromatic carbocycles. The van der Waals surface area contributed by atoms with Gasteiger partial charge in [0, 0.05) is 10.2 Å². The van der Waals surface area contributed by atoms with Crippen molar-refractivity contribution in [2.45, 2.75) is 37.4 Å². The number of nitrogens with one attached hydrogen (secondary N) is 1. The van der Waals surface area contributed by atoms with Crippen LogP contribution >= 0.6 is 15.9 Å². The molecule has 6 heteroatoms. The molecule has 1 aromatic rings. The van der Waals surface area contributed by atoms with Crippen LogP contribution < -0.4 is 5.32 Å². The molecule has 1 N–H and O–H groups in total. The van der Waals surface area contributed by atoms with E-state index in [-0.39, 0.29) is 12.8 Å². The van der Waals surface area contributed by atoms with Crippen molar-refractivity contribution < 1.29 is 13.2 Å². The Balaban J connectivity index is 2.19. The maximum atomic E-state index is 12.9. The fourth-order valence-corrected chi connectivity index (χ4v) is 3.04. The number of alkyl halides is 3. The van der Waals surface area contributed by atoms with Crippen LogP contribution in [-0.4, -0.2) is 11.7 Å². The van der Waals surface area contributed by atoms with Gasteiger partial charge >= 0.3 is 6.18 Å². The number of nitriles is 1. The van der Waals surface area contributed by atoms with Gasteiger partial charge in [-0.1, -0.05) is 22.0 Å². The Morgan fingerprint density at radius 2 is 2.15 bits per heavy atom. The number of benzene rings is 1. The molecule has 1 saturated carbocycles. The van der Waals surface area contributed by atoms with E-state index in [0.29, 0.717) is 18.5 Å². The van der Waals surface area contributed by atoms with Crippen LogP contribution in [0.1, 0.15) is 25.7 Å². The predicted octanol–water partition coefficient (Wildman–Crippen LogP) is 4.88. The monoisotopic (exact) mass is 346 g/mol. The van der Waals surface area contributed by atoms with Gasteiger partial charge in [0.25, 0.3) is 0 Å². The number of nitrogens with zero attached hydrogens (tertiary/aromatic N) is 1. The molecule has 0 radical (unpaired) electrons. The highest BCUT2D eigenvalue weighted by atomic mass is 79.9. The van der Waals surface area contributed by atoms with Crippen molar-refractivity contribution in [3.63, 3.8) is 0 Å². The van der Waals surface area contributed by atoms with E-state index in [1.165, 1.54) is 0 Å². The number of rotatable bonds is 2. The smallest absolute Gasteiger partial charge is 0.367 e. The number of anilines is 1. The Hall–Kier alpha value is -1.22. The predicted molar refractivity (Wildman–Crippen MR) is 74.1 cm³/mol. The van der Waals surface area contributed by atoms with Crippen LogP contribution in [0.25, 0.3) is 0 Å². The summed E-state index contributed by atoms with van der Waals surface area (Å²) in [6.07, 6.45) is -3.49. The zero-order chi connectivity index (χ0) is 14.8. The van der Waals surface area contributed by atoms with Crippen LogP contribution in [0.4, 0.5) is 18.9 Å². The van der Waals surface area contributed by atoms with E-state index in [1.54, 1.807) is 18.2 Å². The van der Waals surface area contributed by atoms with Crippen molar-refractivity contribution in [2.24, 2.45) is 5.92 Å². The zero-order valence-electron chi connectivity index (χ0n) is 10.7. The highest BCUT2D eigenvalue weighted by Crippen LogP contribution is 2.42. The van der Waals surface area contributed by atoms with E-state index in [9.17, 15) is 18.4 Å². The summed E-state index contributed by atoms with van der Waals surface area (Å²) >= 11 is 3.31. The lowest BCUT2D eigenvalue weighted by Crippen LogP contribution is -2.45. The van der Waals surface area contributed by atoms with Gasteiger partial charge in [0.1, 0.15) is 5.54 Å². The molecule has 0 amide bonds. The van der Waals surface area contributed by atoms with Gasteiger partial charge in [-0.15, -0.1) is 0 Å². The van der Waals surface area contributed by atoms with Gasteiger partial charge in [-0.25, -0.2) is 0 Å². The minimum absolute atomic E-state index is 0.104. The SMILES string of the molecule is N#CC1(Nc2cccc(Br)c2)CCCC(C(F)(F)F)C1. The van der Waals surface area contributed by atoms with E-state index in [4.69, 9.17) is 0 Å². The Morgan fingerprint density at radius 1 is 1.40 bits per heavy atom. The Bertz CT molecular complexity index is 524. The molecular weight excluding hydrogens is 333 g/mol. The van der Waals surface area contributed by atoms with Gasteiger partial charge < -0.3 is 5.32 Å². The van der Waals surface area contributed by atoms with Gasteiger partial charge in [-0.3, -0.25) is 0 Å². The van der Waals surface area contributed by atoms with E-state index >= 15 is 0 Å². The summed E-state index contributed by atoms with van der Waals surface area (Å²) in [6.45, 7) is 0. The van der Waals surface area contributed by atoms with Crippen molar-refractivity contribution in [3.05, 3.63) is 28.7 Å². The molecule has 108 valence electrons. The summed E-state index contributed by atoms with van der Waals surface area (Å²) in [6, 6.07) is 9.17. The molecule has 2 unspecified atom stereocenters. The topological polar surface area (TPSA) is 35.8 Å². The Morgan fingerprint density at radius 3 is 2.75 bits per heavy atom. The van der Waals surface area contributed by atoms with Crippen molar-refractivity contribution in [3.8, 4) is 6.07 Å². The summed E-state index contributed by atoms with van der Waals surface area (Å²) < 4.78 is 39.5. The first kappa shape index (κ1) is 15.2. The maximum absolute atomic E-state index is 12.9. The molecule has 0 heterocycles. The summed E-state index contributed by atoms with van der Waals surface area (Å²) in [5.74, 6) is -1.41. The third-order valence-electron chi connectivity index (χ3n) is 3.64. The second-order valence-corrected chi connectivity index (χ2v) is 6.08. The van der Waals surface area contributed by atoms with Gasteiger partial charge in [0.2, 0.25) is 0 Å². The van der Waals surface area contributed by atoms with Crippen molar-refractivity contribution in [1.82, 2.24) is 0 Å². The normalized spacial score (nSPS) is 26.9. The lowest BCUT2D eigenvalue weighted by molar-refractivity contribution is -0.184. The lowest BCUT2D eigenvalue weighted by Gasteiger charge is -2.37. The number of hydrogen-bond acceptors (Lipinski definition) is 2. The first-order chi connectivity index (χ1) is 9.35. The fourth-order valence-electron chi connectivity index (χ4n) is 2.64. The van der Waals surface area contributed by atoms with Crippen LogP contribution in [0.2, 0.25) is 0 Å². The first-order valence-corrected chi connectivity index (χ1v) is 7.16. The molecule has 0 saturated heterocycles. The third-order valence-corrected chi connectivity index (χ3v) is 4.13. The molecular formula is C14H14BrF3N2. The largest absolute Gasteiger partial charge is 0.391 e. The van der Waals surface area contributed by atoms with Crippen LogP contribution in [0.3, 0.4) is 0 Å². The van der Waals surface area contributed by atoms with Gasteiger partial charge in [0.15, 0.2) is 0 Å². The minimum atomic E-state index is -4.23. The molecule has 1 fully saturated rings. The highest BCUT2D eigenvalue weighted by molar-refractivity contribution is 9.10. The molecule has 0 spiro atoms. The molecule has 0 aromatic heterocycles. The molecule has 2 rings (SSSR count). The minimum Gasteiger partial charge on any atom is -0.367 e. The number of halogens is 4. The van der Waals surface area contributed by atoms with Crippen LogP contribution in [0, 0.1) is 17.2 Å². The van der Waals surface area contributed by atoms with Gasteiger partial charge in [0.05, 0.1) is 12.0 Å². The van der Waals surface area contributed by atoms with Crippen LogP contribution in [0.15, 0.2) is 28.7 Å². The second kappa shape index (κ2) is 5.65. The molecule has 0 aliphatic heterocycles. The molecule has 20 heavy (non-hydrogen) atoms. The van der Waals surface area contributed by atoms with E-state index in [1.807, 2.05) is 6.07 Å². The highest BCUT2D eigenvalue weighted by Gasteiger charge is 2.48. The van der Waals surface area contributed by atoms with Gasteiger partial charge in [-0.2, -0.15) is 18.4 Å². The third kappa shape index (κ3) is 3.45. The lowest BCUT2D eigenvalue weighted by atomic mass is 9.76. The molecule has 2 atom stereocenters. The van der Waals surface area contributed by atoms with Crippen molar-refractivity contribution in [2.75, 3.05) is 5.32 Å². The summed E-state index contributed by atoms with van der Waals surface area (Å²) in [5, 5.41) is 12.4. The maximum Gasteiger partial charge on any atom is 0.391 e. The Labute approximate surface area is 124 Å². The average Bonchev–Trinajstić information content (AvgIpc) is 2.38. The molecule has 0 bridgehead atoms. The number of hydrogen-bond donors (Lipinski definition) is 1. The van der Waals surface area contributed by atoms with Crippen LogP contribution in [0.5, 0.6) is 0 Å². The van der Waals surface area contributed by atoms with E-state index in [2.05, 4.69) is 27.3 Å². The van der Waals surface area contributed by atoms with Gasteiger partial charge in [-0.05, 0) is 43.9 Å². The molecule has 1 aliphatic carbocycles. The summed E-state index contributed by atoms with van der Waals surface area (Å²) in [4.78, 5) is 0. The van der Waals surface area contributed by atoms with E-state index < -0.39 is 17.6 Å². The quantitative estimate of drug-likeness (QED) is 0.828. The zero-order valence-corrected chi connectivity index (χ0v) is 12.3. The van der Waals surface area contributed by atoms with Crippen LogP contribution in [-0.2, 0) is 0 Å². The Kier molecular flexibility index (Phi) is 4.28. The van der Waals surface area contributed by atoms with E-state index in [0.717, 1.165) is 4.47 Å². The average molecular weight is 347 g/mol. The summed E-state index contributed by atoms with van der Waals surface area (Å²) in [7, 11) is 0. The molecule has 2 nitrogen and oxygen atoms in total. The first-order valence-electron chi connectivity index (χ1n) is 6.36. The summed E-state index contributed by atoms with van der Waals surface area (Å²) in [5.41, 5.74) is -0.483. The standard InChI is InChI=1S/C14H14BrF3N2/c15-11-4-1-5-12(7-11)20-13(9-19)6-2-3-10(8-13)14(16,17)18/h1,4-5,7,10,20H,2-3,6,8H2. The molecule has 1 aliphatic rings. The van der Waals surface area contributed by atoms with Crippen molar-refractivity contribution in [1.29, 1.82) is 5.26 Å². The fraction of sp³-hybridized carbons (Fsp3) is 0.500.